The predicted molar refractivity (Wildman–Crippen MR) is 34.4 cm³/mol. The van der Waals surface area contributed by atoms with Crippen molar-refractivity contribution in [2.24, 2.45) is 5.92 Å². The zero-order valence-corrected chi connectivity index (χ0v) is 5.82. The first-order valence-corrected chi connectivity index (χ1v) is 3.18. The lowest BCUT2D eigenvalue weighted by Crippen LogP contribution is -1.92. The molecule has 54 valence electrons. The van der Waals surface area contributed by atoms with E-state index in [1.54, 1.807) is 6.92 Å². The minimum Gasteiger partial charge on any atom is -0.213 e. The van der Waals surface area contributed by atoms with Gasteiger partial charge in [0.2, 0.25) is 0 Å². The van der Waals surface area contributed by atoms with Gasteiger partial charge in [-0.1, -0.05) is 20.3 Å². The van der Waals surface area contributed by atoms with Gasteiger partial charge in [-0.15, -0.1) is 0 Å². The summed E-state index contributed by atoms with van der Waals surface area (Å²) in [5.41, 5.74) is 0. The lowest BCUT2D eigenvalue weighted by Gasteiger charge is -2.03. The Morgan fingerprint density at radius 2 is 2.22 bits per heavy atom. The Morgan fingerprint density at radius 1 is 1.67 bits per heavy atom. The molecule has 0 aliphatic heterocycles. The molecule has 0 saturated heterocycles. The van der Waals surface area contributed by atoms with Gasteiger partial charge in [0.15, 0.2) is 0 Å². The van der Waals surface area contributed by atoms with E-state index in [9.17, 15) is 8.78 Å². The van der Waals surface area contributed by atoms with E-state index in [4.69, 9.17) is 0 Å². The van der Waals surface area contributed by atoms with Gasteiger partial charge in [0, 0.05) is 5.92 Å². The third-order valence-electron chi connectivity index (χ3n) is 1.30. The average molecular weight is 134 g/mol. The molecule has 0 heterocycles. The maximum Gasteiger partial charge on any atom is 0.131 e. The number of allylic oxidation sites excluding steroid dienone is 1. The van der Waals surface area contributed by atoms with Crippen LogP contribution in [0.3, 0.4) is 0 Å². The van der Waals surface area contributed by atoms with Crippen LogP contribution in [0, 0.1) is 5.92 Å². The quantitative estimate of drug-likeness (QED) is 0.556. The molecular formula is C7H12F2. The third kappa shape index (κ3) is 3.22. The fourth-order valence-corrected chi connectivity index (χ4v) is 0.678. The summed E-state index contributed by atoms with van der Waals surface area (Å²) in [7, 11) is 0. The molecule has 0 N–H and O–H groups in total. The number of hydrogen-bond acceptors (Lipinski definition) is 0. The van der Waals surface area contributed by atoms with Crippen LogP contribution in [0.15, 0.2) is 12.2 Å². The molecule has 0 rings (SSSR count). The van der Waals surface area contributed by atoms with Crippen molar-refractivity contribution < 1.29 is 8.78 Å². The second-order valence-electron chi connectivity index (χ2n) is 2.18. The second kappa shape index (κ2) is 4.48. The summed E-state index contributed by atoms with van der Waals surface area (Å²) >= 11 is 0. The van der Waals surface area contributed by atoms with E-state index < -0.39 is 5.83 Å². The number of hydrogen-bond donors (Lipinski definition) is 0. The fraction of sp³-hybridized carbons (Fsp3) is 0.714. The zero-order chi connectivity index (χ0) is 7.28. The normalized spacial score (nSPS) is 15.8. The molecule has 9 heavy (non-hydrogen) atoms. The van der Waals surface area contributed by atoms with Crippen molar-refractivity contribution in [2.75, 3.05) is 0 Å². The molecule has 0 aliphatic rings. The molecule has 0 nitrogen and oxygen atoms in total. The molecule has 0 aliphatic carbocycles. The van der Waals surface area contributed by atoms with Crippen LogP contribution in [0.2, 0.25) is 0 Å². The number of halogens is 2. The van der Waals surface area contributed by atoms with Gasteiger partial charge < -0.3 is 0 Å². The molecule has 1 atom stereocenters. The van der Waals surface area contributed by atoms with Crippen LogP contribution < -0.4 is 0 Å². The van der Waals surface area contributed by atoms with Gasteiger partial charge in [-0.3, -0.25) is 0 Å². The van der Waals surface area contributed by atoms with Crippen LogP contribution in [-0.2, 0) is 0 Å². The van der Waals surface area contributed by atoms with E-state index in [2.05, 4.69) is 0 Å². The molecule has 0 amide bonds. The predicted octanol–water partition coefficient (Wildman–Crippen LogP) is 3.20. The standard InChI is InChI=1S/C7H12F2/c1-3-4-6(2)7(9)5-8/h5-6H,3-4H2,1-2H3/b7-5+/t6-/m1/s1. The highest BCUT2D eigenvalue weighted by molar-refractivity contribution is 4.89. The van der Waals surface area contributed by atoms with E-state index in [-0.39, 0.29) is 12.2 Å². The van der Waals surface area contributed by atoms with Crippen molar-refractivity contribution in [1.29, 1.82) is 0 Å². The topological polar surface area (TPSA) is 0 Å². The molecule has 0 fully saturated rings. The van der Waals surface area contributed by atoms with E-state index in [1.807, 2.05) is 6.92 Å². The first-order chi connectivity index (χ1) is 4.22. The molecule has 0 spiro atoms. The highest BCUT2D eigenvalue weighted by Gasteiger charge is 2.05. The van der Waals surface area contributed by atoms with Crippen LogP contribution in [0.4, 0.5) is 8.78 Å². The SMILES string of the molecule is CCC[C@@H](C)/C(F)=C\F. The molecule has 0 radical (unpaired) electrons. The molecule has 0 saturated carbocycles. The number of rotatable bonds is 3. The summed E-state index contributed by atoms with van der Waals surface area (Å²) in [5, 5.41) is 0. The van der Waals surface area contributed by atoms with Crippen molar-refractivity contribution in [2.45, 2.75) is 26.7 Å². The first kappa shape index (κ1) is 8.60. The van der Waals surface area contributed by atoms with Crippen LogP contribution in [0.5, 0.6) is 0 Å². The van der Waals surface area contributed by atoms with Crippen LogP contribution in [0.1, 0.15) is 26.7 Å². The van der Waals surface area contributed by atoms with Crippen LogP contribution in [0.25, 0.3) is 0 Å². The summed E-state index contributed by atoms with van der Waals surface area (Å²) < 4.78 is 23.6. The van der Waals surface area contributed by atoms with Crippen molar-refractivity contribution in [3.8, 4) is 0 Å². The Bertz CT molecular complexity index is 97.1. The maximum atomic E-state index is 12.2. The van der Waals surface area contributed by atoms with Crippen molar-refractivity contribution in [3.63, 3.8) is 0 Å². The van der Waals surface area contributed by atoms with Crippen molar-refractivity contribution in [3.05, 3.63) is 12.2 Å². The largest absolute Gasteiger partial charge is 0.213 e. The maximum absolute atomic E-state index is 12.2. The molecule has 0 aromatic heterocycles. The van der Waals surface area contributed by atoms with Gasteiger partial charge in [-0.05, 0) is 6.42 Å². The summed E-state index contributed by atoms with van der Waals surface area (Å²) in [6.45, 7) is 3.62. The van der Waals surface area contributed by atoms with Gasteiger partial charge in [0.1, 0.15) is 12.2 Å². The molecule has 0 unspecified atom stereocenters. The summed E-state index contributed by atoms with van der Waals surface area (Å²) in [5.74, 6) is -0.892. The first-order valence-electron chi connectivity index (χ1n) is 3.18. The van der Waals surface area contributed by atoms with Gasteiger partial charge in [-0.2, -0.15) is 0 Å². The smallest absolute Gasteiger partial charge is 0.131 e. The van der Waals surface area contributed by atoms with Gasteiger partial charge >= 0.3 is 0 Å². The Kier molecular flexibility index (Phi) is 4.28. The fourth-order valence-electron chi connectivity index (χ4n) is 0.678. The molecule has 2 heteroatoms. The summed E-state index contributed by atoms with van der Waals surface area (Å²) in [6, 6.07) is 0. The van der Waals surface area contributed by atoms with Crippen molar-refractivity contribution >= 4 is 0 Å². The Balaban J connectivity index is 3.59. The lowest BCUT2D eigenvalue weighted by molar-refractivity contribution is 0.444. The monoisotopic (exact) mass is 134 g/mol. The Labute approximate surface area is 54.6 Å². The molecule has 0 aromatic carbocycles. The molecule has 0 bridgehead atoms. The lowest BCUT2D eigenvalue weighted by atomic mass is 10.1. The van der Waals surface area contributed by atoms with E-state index in [0.717, 1.165) is 6.42 Å². The summed E-state index contributed by atoms with van der Waals surface area (Å²) in [6.07, 6.45) is 1.65. The second-order valence-corrected chi connectivity index (χ2v) is 2.18. The van der Waals surface area contributed by atoms with Gasteiger partial charge in [-0.25, -0.2) is 8.78 Å². The van der Waals surface area contributed by atoms with E-state index in [0.29, 0.717) is 6.42 Å². The van der Waals surface area contributed by atoms with Gasteiger partial charge in [0.25, 0.3) is 0 Å². The Morgan fingerprint density at radius 3 is 2.56 bits per heavy atom. The van der Waals surface area contributed by atoms with Crippen LogP contribution in [-0.4, -0.2) is 0 Å². The Hall–Kier alpha value is -0.400. The third-order valence-corrected chi connectivity index (χ3v) is 1.30. The minimum atomic E-state index is -0.642. The highest BCUT2D eigenvalue weighted by Crippen LogP contribution is 2.16. The van der Waals surface area contributed by atoms with E-state index >= 15 is 0 Å². The highest BCUT2D eigenvalue weighted by atomic mass is 19.2. The molecule has 0 aromatic rings. The van der Waals surface area contributed by atoms with Crippen molar-refractivity contribution in [1.82, 2.24) is 0 Å². The van der Waals surface area contributed by atoms with E-state index in [1.165, 1.54) is 0 Å². The molecular weight excluding hydrogens is 122 g/mol. The van der Waals surface area contributed by atoms with Gasteiger partial charge in [0.05, 0.1) is 0 Å². The zero-order valence-electron chi connectivity index (χ0n) is 5.82. The van der Waals surface area contributed by atoms with Crippen LogP contribution >= 0.6 is 0 Å². The summed E-state index contributed by atoms with van der Waals surface area (Å²) in [4.78, 5) is 0. The minimum absolute atomic E-state index is 0.0420. The average Bonchev–Trinajstić information content (AvgIpc) is 1.87.